The minimum atomic E-state index is -0.595. The lowest BCUT2D eigenvalue weighted by atomic mass is 10.1. The van der Waals surface area contributed by atoms with Gasteiger partial charge in [-0.2, -0.15) is 0 Å². The molecular formula is C16H14ClFN2O. The standard InChI is InChI=1S/C16H14ClFN2O/c17-11-6-7-12(13(18)10-11)16(21)20-9-3-8-19-14-4-1-2-5-15(14)20/h1-2,4-7,10,19H,3,8-9H2. The number of hydrogen-bond donors (Lipinski definition) is 1. The Morgan fingerprint density at radius 2 is 2.05 bits per heavy atom. The van der Waals surface area contributed by atoms with Gasteiger partial charge >= 0.3 is 0 Å². The first kappa shape index (κ1) is 13.9. The van der Waals surface area contributed by atoms with E-state index in [1.807, 2.05) is 24.3 Å². The van der Waals surface area contributed by atoms with Gasteiger partial charge in [-0.25, -0.2) is 4.39 Å². The molecule has 0 atom stereocenters. The van der Waals surface area contributed by atoms with Gasteiger partial charge in [-0.15, -0.1) is 0 Å². The zero-order chi connectivity index (χ0) is 14.8. The smallest absolute Gasteiger partial charge is 0.261 e. The van der Waals surface area contributed by atoms with Crippen LogP contribution in [0.4, 0.5) is 15.8 Å². The zero-order valence-electron chi connectivity index (χ0n) is 11.3. The predicted octanol–water partition coefficient (Wildman–Crippen LogP) is 3.94. The van der Waals surface area contributed by atoms with Gasteiger partial charge in [0, 0.05) is 18.1 Å². The topological polar surface area (TPSA) is 32.3 Å². The van der Waals surface area contributed by atoms with Crippen LogP contribution in [0, 0.1) is 5.82 Å². The van der Waals surface area contributed by atoms with Gasteiger partial charge in [0.15, 0.2) is 0 Å². The predicted molar refractivity (Wildman–Crippen MR) is 82.6 cm³/mol. The summed E-state index contributed by atoms with van der Waals surface area (Å²) in [6, 6.07) is 11.7. The number of nitrogens with one attached hydrogen (secondary N) is 1. The summed E-state index contributed by atoms with van der Waals surface area (Å²) < 4.78 is 14.0. The maximum atomic E-state index is 14.0. The fourth-order valence-electron chi connectivity index (χ4n) is 2.46. The van der Waals surface area contributed by atoms with Crippen LogP contribution in [0.15, 0.2) is 42.5 Å². The summed E-state index contributed by atoms with van der Waals surface area (Å²) in [7, 11) is 0. The lowest BCUT2D eigenvalue weighted by Crippen LogP contribution is -2.32. The van der Waals surface area contributed by atoms with Gasteiger partial charge in [-0.05, 0) is 36.8 Å². The van der Waals surface area contributed by atoms with Crippen LogP contribution in [0.5, 0.6) is 0 Å². The lowest BCUT2D eigenvalue weighted by molar-refractivity contribution is 0.0983. The molecular weight excluding hydrogens is 291 g/mol. The van der Waals surface area contributed by atoms with E-state index in [4.69, 9.17) is 11.6 Å². The highest BCUT2D eigenvalue weighted by atomic mass is 35.5. The molecule has 1 aliphatic rings. The molecule has 0 saturated heterocycles. The van der Waals surface area contributed by atoms with Gasteiger partial charge in [-0.3, -0.25) is 4.79 Å². The Bertz CT molecular complexity index is 690. The van der Waals surface area contributed by atoms with E-state index < -0.39 is 5.82 Å². The number of anilines is 2. The van der Waals surface area contributed by atoms with Crippen LogP contribution in [0.2, 0.25) is 5.02 Å². The second-order valence-electron chi connectivity index (χ2n) is 4.88. The van der Waals surface area contributed by atoms with E-state index in [9.17, 15) is 9.18 Å². The molecule has 21 heavy (non-hydrogen) atoms. The van der Waals surface area contributed by atoms with Gasteiger partial charge in [-0.1, -0.05) is 23.7 Å². The van der Waals surface area contributed by atoms with Crippen molar-refractivity contribution in [3.63, 3.8) is 0 Å². The minimum absolute atomic E-state index is 0.0381. The highest BCUT2D eigenvalue weighted by Gasteiger charge is 2.24. The molecule has 0 spiro atoms. The molecule has 3 nitrogen and oxygen atoms in total. The highest BCUT2D eigenvalue weighted by molar-refractivity contribution is 6.30. The zero-order valence-corrected chi connectivity index (χ0v) is 12.0. The number of carbonyl (C=O) groups is 1. The Balaban J connectivity index is 2.01. The summed E-state index contributed by atoms with van der Waals surface area (Å²) in [5.74, 6) is -0.942. The number of para-hydroxylation sites is 2. The molecule has 0 aromatic heterocycles. The van der Waals surface area contributed by atoms with Crippen molar-refractivity contribution in [3.8, 4) is 0 Å². The van der Waals surface area contributed by atoms with Gasteiger partial charge in [0.05, 0.1) is 16.9 Å². The van der Waals surface area contributed by atoms with Crippen molar-refractivity contribution in [1.82, 2.24) is 0 Å². The van der Waals surface area contributed by atoms with Crippen LogP contribution in [-0.4, -0.2) is 19.0 Å². The van der Waals surface area contributed by atoms with Crippen molar-refractivity contribution in [3.05, 3.63) is 58.9 Å². The molecule has 0 radical (unpaired) electrons. The van der Waals surface area contributed by atoms with Gasteiger partial charge in [0.1, 0.15) is 5.82 Å². The third kappa shape index (κ3) is 2.72. The van der Waals surface area contributed by atoms with Crippen molar-refractivity contribution < 1.29 is 9.18 Å². The van der Waals surface area contributed by atoms with Crippen LogP contribution in [-0.2, 0) is 0 Å². The normalized spacial score (nSPS) is 14.1. The SMILES string of the molecule is O=C(c1ccc(Cl)cc1F)N1CCCNc2ccccc21. The summed E-state index contributed by atoms with van der Waals surface area (Å²) in [5, 5.41) is 3.56. The minimum Gasteiger partial charge on any atom is -0.383 e. The molecule has 108 valence electrons. The van der Waals surface area contributed by atoms with E-state index in [2.05, 4.69) is 5.32 Å². The average Bonchev–Trinajstić information content (AvgIpc) is 2.69. The van der Waals surface area contributed by atoms with Gasteiger partial charge in [0.25, 0.3) is 5.91 Å². The third-order valence-corrected chi connectivity index (χ3v) is 3.71. The molecule has 1 amide bonds. The number of carbonyl (C=O) groups excluding carboxylic acids is 1. The van der Waals surface area contributed by atoms with Crippen LogP contribution in [0.25, 0.3) is 0 Å². The van der Waals surface area contributed by atoms with Crippen LogP contribution in [0.1, 0.15) is 16.8 Å². The van der Waals surface area contributed by atoms with Crippen molar-refractivity contribution in [2.45, 2.75) is 6.42 Å². The lowest BCUT2D eigenvalue weighted by Gasteiger charge is -2.22. The molecule has 0 unspecified atom stereocenters. The van der Waals surface area contributed by atoms with E-state index in [1.165, 1.54) is 12.1 Å². The van der Waals surface area contributed by atoms with Crippen molar-refractivity contribution >= 4 is 28.9 Å². The molecule has 1 N–H and O–H groups in total. The fourth-order valence-corrected chi connectivity index (χ4v) is 2.62. The van der Waals surface area contributed by atoms with E-state index in [0.717, 1.165) is 30.4 Å². The second-order valence-corrected chi connectivity index (χ2v) is 5.31. The largest absolute Gasteiger partial charge is 0.383 e. The number of nitrogens with zero attached hydrogens (tertiary/aromatic N) is 1. The molecule has 1 heterocycles. The first-order valence-electron chi connectivity index (χ1n) is 6.76. The van der Waals surface area contributed by atoms with Crippen molar-refractivity contribution in [2.75, 3.05) is 23.3 Å². The average molecular weight is 305 g/mol. The molecule has 0 saturated carbocycles. The number of hydrogen-bond acceptors (Lipinski definition) is 2. The number of fused-ring (bicyclic) bond motifs is 1. The Labute approximate surface area is 127 Å². The number of amides is 1. The Morgan fingerprint density at radius 1 is 1.24 bits per heavy atom. The summed E-state index contributed by atoms with van der Waals surface area (Å²) in [6.07, 6.45) is 0.801. The molecule has 0 fully saturated rings. The molecule has 5 heteroatoms. The highest BCUT2D eigenvalue weighted by Crippen LogP contribution is 2.30. The first-order valence-corrected chi connectivity index (χ1v) is 7.14. The van der Waals surface area contributed by atoms with Gasteiger partial charge < -0.3 is 10.2 Å². The first-order chi connectivity index (χ1) is 10.2. The summed E-state index contributed by atoms with van der Waals surface area (Å²) in [6.45, 7) is 1.33. The number of benzene rings is 2. The van der Waals surface area contributed by atoms with Crippen LogP contribution >= 0.6 is 11.6 Å². The third-order valence-electron chi connectivity index (χ3n) is 3.48. The van der Waals surface area contributed by atoms with E-state index in [1.54, 1.807) is 4.90 Å². The number of rotatable bonds is 1. The molecule has 3 rings (SSSR count). The maximum absolute atomic E-state index is 14.0. The maximum Gasteiger partial charge on any atom is 0.261 e. The molecule has 2 aromatic rings. The monoisotopic (exact) mass is 304 g/mol. The Morgan fingerprint density at radius 3 is 2.86 bits per heavy atom. The summed E-state index contributed by atoms with van der Waals surface area (Å²) in [4.78, 5) is 14.3. The molecule has 1 aliphatic heterocycles. The molecule has 0 bridgehead atoms. The molecule has 2 aromatic carbocycles. The second kappa shape index (κ2) is 5.74. The van der Waals surface area contributed by atoms with E-state index in [0.29, 0.717) is 6.54 Å². The van der Waals surface area contributed by atoms with Gasteiger partial charge in [0.2, 0.25) is 0 Å². The van der Waals surface area contributed by atoms with Crippen LogP contribution in [0.3, 0.4) is 0 Å². The number of halogens is 2. The van der Waals surface area contributed by atoms with E-state index >= 15 is 0 Å². The fraction of sp³-hybridized carbons (Fsp3) is 0.188. The van der Waals surface area contributed by atoms with Crippen molar-refractivity contribution in [1.29, 1.82) is 0 Å². The Hall–Kier alpha value is -2.07. The van der Waals surface area contributed by atoms with Crippen LogP contribution < -0.4 is 10.2 Å². The Kier molecular flexibility index (Phi) is 3.80. The summed E-state index contributed by atoms with van der Waals surface area (Å²) in [5.41, 5.74) is 1.70. The summed E-state index contributed by atoms with van der Waals surface area (Å²) >= 11 is 5.74. The molecule has 0 aliphatic carbocycles. The van der Waals surface area contributed by atoms with Crippen molar-refractivity contribution in [2.24, 2.45) is 0 Å². The van der Waals surface area contributed by atoms with E-state index in [-0.39, 0.29) is 16.5 Å². The quantitative estimate of drug-likeness (QED) is 0.865.